The Kier molecular flexibility index (Phi) is 8.40. The molecule has 0 amide bonds. The Bertz CT molecular complexity index is 1140. The van der Waals surface area contributed by atoms with Gasteiger partial charge in [-0.05, 0) is 46.8 Å². The number of allylic oxidation sites excluding steroid dienone is 4. The fourth-order valence-corrected chi connectivity index (χ4v) is 4.26. The number of carbonyl (C=O) groups is 1. The van der Waals surface area contributed by atoms with Crippen molar-refractivity contribution in [2.75, 3.05) is 13.7 Å². The molecule has 6 atom stereocenters. The second-order valence-electron chi connectivity index (χ2n) is 9.32. The molecular weight excluding hydrogens is 468 g/mol. The van der Waals surface area contributed by atoms with E-state index in [4.69, 9.17) is 18.6 Å². The lowest BCUT2D eigenvalue weighted by Gasteiger charge is -2.38. The Balaban J connectivity index is 1.61. The zero-order valence-corrected chi connectivity index (χ0v) is 21.4. The second kappa shape index (κ2) is 11.0. The van der Waals surface area contributed by atoms with E-state index in [0.717, 1.165) is 0 Å². The minimum Gasteiger partial charge on any atom is -0.489 e. The summed E-state index contributed by atoms with van der Waals surface area (Å²) in [6.45, 7) is 8.64. The van der Waals surface area contributed by atoms with Crippen LogP contribution in [0, 0.1) is 12.3 Å². The molecule has 0 aromatic carbocycles. The minimum absolute atomic E-state index is 0.0907. The third kappa shape index (κ3) is 5.24. The molecule has 3 rings (SSSR count). The molecule has 0 aliphatic carbocycles. The van der Waals surface area contributed by atoms with Crippen molar-refractivity contribution < 1.29 is 38.4 Å². The van der Waals surface area contributed by atoms with Crippen LogP contribution in [0.2, 0.25) is 0 Å². The predicted octanol–water partition coefficient (Wildman–Crippen LogP) is 2.83. The molecule has 196 valence electrons. The molecule has 36 heavy (non-hydrogen) atoms. The number of hydrogen-bond acceptors (Lipinski definition) is 9. The Morgan fingerprint density at radius 1 is 1.19 bits per heavy atom. The fraction of sp³-hybridized carbons (Fsp3) is 0.481. The highest BCUT2D eigenvalue weighted by Crippen LogP contribution is 2.54. The molecule has 0 radical (unpaired) electrons. The van der Waals surface area contributed by atoms with Crippen LogP contribution in [-0.4, -0.2) is 60.1 Å². The van der Waals surface area contributed by atoms with Crippen molar-refractivity contribution in [3.63, 3.8) is 0 Å². The number of methoxy groups -OCH3 is 1. The van der Waals surface area contributed by atoms with Crippen molar-refractivity contribution in [1.29, 1.82) is 0 Å². The average molecular weight is 503 g/mol. The largest absolute Gasteiger partial charge is 0.489 e. The number of aliphatic hydroxyl groups excluding tert-OH is 1. The highest BCUT2D eigenvalue weighted by Gasteiger charge is 2.68. The van der Waals surface area contributed by atoms with Gasteiger partial charge in [0.15, 0.2) is 6.29 Å². The van der Waals surface area contributed by atoms with Gasteiger partial charge in [-0.25, -0.2) is 9.59 Å². The predicted molar refractivity (Wildman–Crippen MR) is 132 cm³/mol. The number of fused-ring (bicyclic) bond motifs is 1. The van der Waals surface area contributed by atoms with Gasteiger partial charge in [0.05, 0.1) is 30.8 Å². The quantitative estimate of drug-likeness (QED) is 0.314. The first kappa shape index (κ1) is 27.6. The highest BCUT2D eigenvalue weighted by molar-refractivity contribution is 5.87. The third-order valence-corrected chi connectivity index (χ3v) is 7.12. The molecule has 0 spiro atoms. The number of ether oxygens (including phenoxy) is 4. The van der Waals surface area contributed by atoms with Gasteiger partial charge in [0, 0.05) is 11.1 Å². The summed E-state index contributed by atoms with van der Waals surface area (Å²) in [6, 6.07) is 1.25. The zero-order chi connectivity index (χ0) is 26.7. The van der Waals surface area contributed by atoms with Gasteiger partial charge in [-0.2, -0.15) is 0 Å². The zero-order valence-electron chi connectivity index (χ0n) is 21.4. The monoisotopic (exact) mass is 502 g/mol. The summed E-state index contributed by atoms with van der Waals surface area (Å²) in [5.41, 5.74) is -1.71. The summed E-state index contributed by atoms with van der Waals surface area (Å²) >= 11 is 0. The molecule has 2 aliphatic heterocycles. The summed E-state index contributed by atoms with van der Waals surface area (Å²) < 4.78 is 27.1. The molecule has 0 bridgehead atoms. The lowest BCUT2D eigenvalue weighted by molar-refractivity contribution is -0.139. The van der Waals surface area contributed by atoms with Crippen LogP contribution < -0.4 is 10.4 Å². The van der Waals surface area contributed by atoms with E-state index in [1.807, 2.05) is 0 Å². The van der Waals surface area contributed by atoms with E-state index in [9.17, 15) is 19.8 Å². The van der Waals surface area contributed by atoms with Gasteiger partial charge in [-0.15, -0.1) is 0 Å². The van der Waals surface area contributed by atoms with Crippen LogP contribution in [0.5, 0.6) is 5.75 Å². The van der Waals surface area contributed by atoms with Crippen LogP contribution >= 0.6 is 0 Å². The van der Waals surface area contributed by atoms with E-state index < -0.39 is 47.2 Å². The maximum Gasteiger partial charge on any atom is 0.339 e. The molecule has 1 unspecified atom stereocenters. The lowest BCUT2D eigenvalue weighted by Crippen LogP contribution is -2.53. The van der Waals surface area contributed by atoms with Gasteiger partial charge in [0.25, 0.3) is 0 Å². The van der Waals surface area contributed by atoms with E-state index in [0.29, 0.717) is 22.6 Å². The molecule has 9 nitrogen and oxygen atoms in total. The van der Waals surface area contributed by atoms with E-state index in [-0.39, 0.29) is 6.61 Å². The molecule has 1 aromatic rings. The molecule has 2 saturated heterocycles. The van der Waals surface area contributed by atoms with Gasteiger partial charge in [-0.3, -0.25) is 0 Å². The summed E-state index contributed by atoms with van der Waals surface area (Å²) in [5.74, 6) is 0.236. The van der Waals surface area contributed by atoms with Gasteiger partial charge in [0.1, 0.15) is 29.8 Å². The van der Waals surface area contributed by atoms with Gasteiger partial charge in [0.2, 0.25) is 0 Å². The Morgan fingerprint density at radius 3 is 2.56 bits per heavy atom. The topological polar surface area (TPSA) is 125 Å². The summed E-state index contributed by atoms with van der Waals surface area (Å²) in [7, 11) is 1.30. The second-order valence-corrected chi connectivity index (χ2v) is 9.32. The van der Waals surface area contributed by atoms with Crippen LogP contribution in [0.1, 0.15) is 39.0 Å². The van der Waals surface area contributed by atoms with E-state index in [1.54, 1.807) is 77.2 Å². The Labute approximate surface area is 210 Å². The van der Waals surface area contributed by atoms with Crippen LogP contribution in [0.3, 0.4) is 0 Å². The lowest BCUT2D eigenvalue weighted by atomic mass is 9.69. The van der Waals surface area contributed by atoms with Crippen LogP contribution in [0.25, 0.3) is 6.08 Å². The van der Waals surface area contributed by atoms with Gasteiger partial charge >= 0.3 is 11.6 Å². The van der Waals surface area contributed by atoms with Crippen molar-refractivity contribution in [3.8, 4) is 5.75 Å². The first-order valence-corrected chi connectivity index (χ1v) is 11.7. The summed E-state index contributed by atoms with van der Waals surface area (Å²) in [5, 5.41) is 21.6. The Morgan fingerprint density at radius 2 is 1.89 bits per heavy atom. The van der Waals surface area contributed by atoms with Crippen LogP contribution in [-0.2, 0) is 19.0 Å². The van der Waals surface area contributed by atoms with Gasteiger partial charge < -0.3 is 33.6 Å². The first-order valence-electron chi connectivity index (χ1n) is 11.7. The van der Waals surface area contributed by atoms with Crippen molar-refractivity contribution >= 4 is 12.0 Å². The molecular formula is C27H34O9. The molecule has 3 heterocycles. The molecule has 2 N–H and O–H groups in total. The maximum atomic E-state index is 11.9. The molecule has 2 aliphatic rings. The van der Waals surface area contributed by atoms with Crippen LogP contribution in [0.4, 0.5) is 0 Å². The van der Waals surface area contributed by atoms with Gasteiger partial charge in [-0.1, -0.05) is 30.4 Å². The Hall–Kier alpha value is -2.98. The third-order valence-electron chi connectivity index (χ3n) is 7.12. The van der Waals surface area contributed by atoms with Crippen molar-refractivity contribution in [3.05, 3.63) is 69.8 Å². The SMILES string of the molecule is COC(=O)/C(C)=C/COc1cc(=O)oc(/C=C/C=C/C=C/C2O[C@H]3O[C@H](C)[C@](C)(O)[C@@]3(C)[C@H]2O)c1C. The average Bonchev–Trinajstić information content (AvgIpc) is 3.17. The maximum absolute atomic E-state index is 11.9. The minimum atomic E-state index is -1.23. The summed E-state index contributed by atoms with van der Waals surface area (Å²) in [6.07, 6.45) is 9.06. The number of aliphatic hydroxyl groups is 2. The number of carbonyl (C=O) groups excluding carboxylic acids is 1. The van der Waals surface area contributed by atoms with Crippen LogP contribution in [0.15, 0.2) is 57.3 Å². The first-order chi connectivity index (χ1) is 16.9. The van der Waals surface area contributed by atoms with Crippen molar-refractivity contribution in [2.45, 2.75) is 64.8 Å². The number of hydrogen-bond donors (Lipinski definition) is 2. The number of esters is 1. The fourth-order valence-electron chi connectivity index (χ4n) is 4.26. The molecule has 2 fully saturated rings. The number of rotatable bonds is 8. The van der Waals surface area contributed by atoms with E-state index >= 15 is 0 Å². The molecule has 9 heteroatoms. The summed E-state index contributed by atoms with van der Waals surface area (Å²) in [4.78, 5) is 23.4. The molecule has 0 saturated carbocycles. The normalized spacial score (nSPS) is 32.6. The van der Waals surface area contributed by atoms with E-state index in [1.165, 1.54) is 13.2 Å². The van der Waals surface area contributed by atoms with Crippen molar-refractivity contribution in [1.82, 2.24) is 0 Å². The standard InChI is InChI=1S/C27H34O9/c1-16(24(30)32-6)13-14-33-21-15-22(28)35-19(17(21)2)11-9-7-8-10-12-20-23(29)26(4)25(36-20)34-18(3)27(26,5)31/h7-13,15,18,20,23,25,29,31H,14H2,1-6H3/b8-7+,11-9+,12-10+,16-13+/t18-,20?,23+,25-,26+,27+/m1/s1. The highest BCUT2D eigenvalue weighted by atomic mass is 16.7. The van der Waals surface area contributed by atoms with E-state index in [2.05, 4.69) is 4.74 Å². The van der Waals surface area contributed by atoms with Crippen molar-refractivity contribution in [2.24, 2.45) is 5.41 Å². The molecule has 1 aromatic heterocycles. The smallest absolute Gasteiger partial charge is 0.339 e.